The second-order valence-corrected chi connectivity index (χ2v) is 3.82. The smallest absolute Gasteiger partial charge is 0.118 e. The standard InChI is InChI=1S/C12H16O3/c1-14-10-4-2-9(3-5-10)12(13)7-6-11-8-15-11/h2-5,11-13H,6-8H2,1H3. The van der Waals surface area contributed by atoms with E-state index in [-0.39, 0.29) is 6.10 Å². The van der Waals surface area contributed by atoms with Crippen LogP contribution in [0.15, 0.2) is 24.3 Å². The molecule has 0 radical (unpaired) electrons. The molecule has 0 amide bonds. The summed E-state index contributed by atoms with van der Waals surface area (Å²) in [6.07, 6.45) is 1.70. The van der Waals surface area contributed by atoms with Crippen LogP contribution in [0.2, 0.25) is 0 Å². The average Bonchev–Trinajstić information content (AvgIpc) is 3.10. The van der Waals surface area contributed by atoms with Gasteiger partial charge in [-0.1, -0.05) is 12.1 Å². The summed E-state index contributed by atoms with van der Waals surface area (Å²) in [6, 6.07) is 7.53. The second-order valence-electron chi connectivity index (χ2n) is 3.82. The van der Waals surface area contributed by atoms with Gasteiger partial charge in [0.15, 0.2) is 0 Å². The van der Waals surface area contributed by atoms with Crippen LogP contribution in [-0.2, 0) is 4.74 Å². The van der Waals surface area contributed by atoms with Crippen molar-refractivity contribution < 1.29 is 14.6 Å². The summed E-state index contributed by atoms with van der Waals surface area (Å²) in [5.41, 5.74) is 0.941. The SMILES string of the molecule is COc1ccc(C(O)CCC2CO2)cc1. The Kier molecular flexibility index (Phi) is 3.23. The monoisotopic (exact) mass is 208 g/mol. The average molecular weight is 208 g/mol. The number of rotatable bonds is 5. The van der Waals surface area contributed by atoms with Gasteiger partial charge in [-0.05, 0) is 30.5 Å². The zero-order valence-electron chi connectivity index (χ0n) is 8.85. The van der Waals surface area contributed by atoms with Crippen LogP contribution in [0.1, 0.15) is 24.5 Å². The van der Waals surface area contributed by atoms with E-state index in [2.05, 4.69) is 0 Å². The first-order valence-corrected chi connectivity index (χ1v) is 5.23. The van der Waals surface area contributed by atoms with Gasteiger partial charge in [0.2, 0.25) is 0 Å². The Balaban J connectivity index is 1.88. The van der Waals surface area contributed by atoms with Crippen LogP contribution in [0.4, 0.5) is 0 Å². The summed E-state index contributed by atoms with van der Waals surface area (Å²) >= 11 is 0. The lowest BCUT2D eigenvalue weighted by Gasteiger charge is -2.10. The molecule has 0 aromatic heterocycles. The summed E-state index contributed by atoms with van der Waals surface area (Å²) in [4.78, 5) is 0. The number of hydrogen-bond acceptors (Lipinski definition) is 3. The lowest BCUT2D eigenvalue weighted by molar-refractivity contribution is 0.160. The molecule has 1 aromatic rings. The zero-order chi connectivity index (χ0) is 10.7. The maximum Gasteiger partial charge on any atom is 0.118 e. The van der Waals surface area contributed by atoms with Crippen LogP contribution in [0, 0.1) is 0 Å². The van der Waals surface area contributed by atoms with Gasteiger partial charge in [-0.2, -0.15) is 0 Å². The van der Waals surface area contributed by atoms with Gasteiger partial charge in [-0.15, -0.1) is 0 Å². The Hall–Kier alpha value is -1.06. The van der Waals surface area contributed by atoms with Gasteiger partial charge < -0.3 is 14.6 Å². The molecule has 1 aliphatic heterocycles. The van der Waals surface area contributed by atoms with Crippen LogP contribution in [0.3, 0.4) is 0 Å². The molecule has 2 unspecified atom stereocenters. The van der Waals surface area contributed by atoms with Crippen LogP contribution >= 0.6 is 0 Å². The maximum absolute atomic E-state index is 9.86. The molecule has 82 valence electrons. The van der Waals surface area contributed by atoms with Crippen molar-refractivity contribution in [2.24, 2.45) is 0 Å². The first kappa shape index (κ1) is 10.5. The molecule has 1 aromatic carbocycles. The highest BCUT2D eigenvalue weighted by molar-refractivity contribution is 5.28. The topological polar surface area (TPSA) is 42.0 Å². The van der Waals surface area contributed by atoms with Gasteiger partial charge >= 0.3 is 0 Å². The fraction of sp³-hybridized carbons (Fsp3) is 0.500. The first-order chi connectivity index (χ1) is 7.29. The highest BCUT2D eigenvalue weighted by Gasteiger charge is 2.23. The van der Waals surface area contributed by atoms with Crippen molar-refractivity contribution in [2.75, 3.05) is 13.7 Å². The van der Waals surface area contributed by atoms with Gasteiger partial charge in [0, 0.05) is 0 Å². The van der Waals surface area contributed by atoms with E-state index in [0.717, 1.165) is 30.8 Å². The van der Waals surface area contributed by atoms with E-state index in [1.165, 1.54) is 0 Å². The highest BCUT2D eigenvalue weighted by atomic mass is 16.6. The summed E-state index contributed by atoms with van der Waals surface area (Å²) in [5.74, 6) is 0.816. The summed E-state index contributed by atoms with van der Waals surface area (Å²) in [5, 5.41) is 9.86. The molecule has 2 atom stereocenters. The zero-order valence-corrected chi connectivity index (χ0v) is 8.85. The summed E-state index contributed by atoms with van der Waals surface area (Å²) < 4.78 is 10.2. The predicted molar refractivity (Wildman–Crippen MR) is 56.9 cm³/mol. The van der Waals surface area contributed by atoms with E-state index in [1.807, 2.05) is 24.3 Å². The summed E-state index contributed by atoms with van der Waals surface area (Å²) in [7, 11) is 1.63. The van der Waals surface area contributed by atoms with Crippen LogP contribution in [0.25, 0.3) is 0 Å². The quantitative estimate of drug-likeness (QED) is 0.751. The number of aliphatic hydroxyl groups excluding tert-OH is 1. The molecule has 1 fully saturated rings. The molecule has 0 bridgehead atoms. The number of aliphatic hydroxyl groups is 1. The van der Waals surface area contributed by atoms with E-state index in [9.17, 15) is 5.11 Å². The van der Waals surface area contributed by atoms with Crippen molar-refractivity contribution >= 4 is 0 Å². The molecule has 1 saturated heterocycles. The minimum Gasteiger partial charge on any atom is -0.497 e. The Morgan fingerprint density at radius 1 is 1.47 bits per heavy atom. The highest BCUT2D eigenvalue weighted by Crippen LogP contribution is 2.25. The number of benzene rings is 1. The van der Waals surface area contributed by atoms with Gasteiger partial charge in [0.25, 0.3) is 0 Å². The minimum absolute atomic E-state index is 0.387. The molecular weight excluding hydrogens is 192 g/mol. The van der Waals surface area contributed by atoms with Crippen LogP contribution in [0.5, 0.6) is 5.75 Å². The van der Waals surface area contributed by atoms with Crippen molar-refractivity contribution in [3.8, 4) is 5.75 Å². The van der Waals surface area contributed by atoms with Crippen LogP contribution < -0.4 is 4.74 Å². The van der Waals surface area contributed by atoms with E-state index < -0.39 is 0 Å². The van der Waals surface area contributed by atoms with Crippen LogP contribution in [-0.4, -0.2) is 24.9 Å². The molecular formula is C12H16O3. The third-order valence-electron chi connectivity index (χ3n) is 2.67. The number of methoxy groups -OCH3 is 1. The van der Waals surface area contributed by atoms with E-state index in [0.29, 0.717) is 6.10 Å². The fourth-order valence-corrected chi connectivity index (χ4v) is 1.57. The van der Waals surface area contributed by atoms with Crippen molar-refractivity contribution in [1.29, 1.82) is 0 Å². The van der Waals surface area contributed by atoms with Gasteiger partial charge in [0.05, 0.1) is 25.9 Å². The third kappa shape index (κ3) is 2.94. The molecule has 0 aliphatic carbocycles. The number of hydrogen-bond donors (Lipinski definition) is 1. The van der Waals surface area contributed by atoms with Gasteiger partial charge in [-0.25, -0.2) is 0 Å². The van der Waals surface area contributed by atoms with E-state index >= 15 is 0 Å². The molecule has 1 N–H and O–H groups in total. The summed E-state index contributed by atoms with van der Waals surface area (Å²) in [6.45, 7) is 0.856. The third-order valence-corrected chi connectivity index (χ3v) is 2.67. The second kappa shape index (κ2) is 4.64. The Morgan fingerprint density at radius 3 is 2.67 bits per heavy atom. The molecule has 1 aliphatic rings. The molecule has 15 heavy (non-hydrogen) atoms. The van der Waals surface area contributed by atoms with Crippen molar-refractivity contribution in [3.63, 3.8) is 0 Å². The lowest BCUT2D eigenvalue weighted by Crippen LogP contribution is -1.99. The number of ether oxygens (including phenoxy) is 2. The maximum atomic E-state index is 9.86. The minimum atomic E-state index is -0.389. The normalized spacial score (nSPS) is 21.1. The first-order valence-electron chi connectivity index (χ1n) is 5.23. The van der Waals surface area contributed by atoms with Gasteiger partial charge in [0.1, 0.15) is 5.75 Å². The van der Waals surface area contributed by atoms with Crippen molar-refractivity contribution in [3.05, 3.63) is 29.8 Å². The molecule has 0 saturated carbocycles. The number of epoxide rings is 1. The predicted octanol–water partition coefficient (Wildman–Crippen LogP) is 1.91. The molecule has 1 heterocycles. The van der Waals surface area contributed by atoms with E-state index in [4.69, 9.17) is 9.47 Å². The Bertz CT molecular complexity index is 303. The lowest BCUT2D eigenvalue weighted by atomic mass is 10.0. The van der Waals surface area contributed by atoms with Gasteiger partial charge in [-0.3, -0.25) is 0 Å². The molecule has 3 heteroatoms. The fourth-order valence-electron chi connectivity index (χ4n) is 1.57. The van der Waals surface area contributed by atoms with Crippen molar-refractivity contribution in [2.45, 2.75) is 25.0 Å². The Labute approximate surface area is 89.6 Å². The van der Waals surface area contributed by atoms with Crippen molar-refractivity contribution in [1.82, 2.24) is 0 Å². The Morgan fingerprint density at radius 2 is 2.13 bits per heavy atom. The molecule has 0 spiro atoms. The molecule has 2 rings (SSSR count). The molecule has 3 nitrogen and oxygen atoms in total. The van der Waals surface area contributed by atoms with E-state index in [1.54, 1.807) is 7.11 Å². The largest absolute Gasteiger partial charge is 0.497 e.